The Labute approximate surface area is 115 Å². The van der Waals surface area contributed by atoms with E-state index in [0.29, 0.717) is 12.1 Å². The van der Waals surface area contributed by atoms with Crippen molar-refractivity contribution in [2.75, 3.05) is 6.54 Å². The molecular weight excluding hydrogens is 299 g/mol. The van der Waals surface area contributed by atoms with Gasteiger partial charge >= 0.3 is 0 Å². The number of nitrogens with two attached hydrogens (primary N) is 1. The lowest BCUT2D eigenvalue weighted by Gasteiger charge is -2.12. The Morgan fingerprint density at radius 1 is 1.56 bits per heavy atom. The summed E-state index contributed by atoms with van der Waals surface area (Å²) in [6.45, 7) is 2.64. The van der Waals surface area contributed by atoms with Crippen molar-refractivity contribution in [3.63, 3.8) is 0 Å². The molecule has 0 aliphatic heterocycles. The largest absolute Gasteiger partial charge is 0.352 e. The molecule has 0 aliphatic rings. The highest BCUT2D eigenvalue weighted by atomic mass is 79.9. The first-order valence-electron chi connectivity index (χ1n) is 5.96. The topological polar surface area (TPSA) is 55.1 Å². The fourth-order valence-electron chi connectivity index (χ4n) is 1.59. The van der Waals surface area contributed by atoms with Crippen LogP contribution in [0.15, 0.2) is 22.7 Å². The zero-order chi connectivity index (χ0) is 13.5. The number of halogens is 2. The number of rotatable bonds is 6. The first-order valence-corrected chi connectivity index (χ1v) is 6.75. The van der Waals surface area contributed by atoms with Crippen LogP contribution in [0.3, 0.4) is 0 Å². The Balaban J connectivity index is 2.49. The summed E-state index contributed by atoms with van der Waals surface area (Å²) in [6.07, 6.45) is 1.57. The molecule has 1 unspecified atom stereocenters. The van der Waals surface area contributed by atoms with Crippen molar-refractivity contribution >= 4 is 21.8 Å². The summed E-state index contributed by atoms with van der Waals surface area (Å²) in [7, 11) is 0. The molecule has 1 amide bonds. The van der Waals surface area contributed by atoms with Gasteiger partial charge in [0.15, 0.2) is 0 Å². The summed E-state index contributed by atoms with van der Waals surface area (Å²) in [5.41, 5.74) is 5.87. The van der Waals surface area contributed by atoms with Crippen LogP contribution in [0.2, 0.25) is 0 Å². The highest BCUT2D eigenvalue weighted by Gasteiger charge is 2.12. The lowest BCUT2D eigenvalue weighted by Crippen LogP contribution is -2.29. The van der Waals surface area contributed by atoms with E-state index >= 15 is 0 Å². The molecule has 0 heterocycles. The monoisotopic (exact) mass is 316 g/mol. The lowest BCUT2D eigenvalue weighted by atomic mass is 10.0. The fraction of sp³-hybridized carbons (Fsp3) is 0.462. The lowest BCUT2D eigenvalue weighted by molar-refractivity contribution is -0.124. The highest BCUT2D eigenvalue weighted by Crippen LogP contribution is 2.15. The van der Waals surface area contributed by atoms with E-state index < -0.39 is 0 Å². The fourth-order valence-corrected chi connectivity index (χ4v) is 2.00. The summed E-state index contributed by atoms with van der Waals surface area (Å²) in [5, 5.41) is 2.74. The Morgan fingerprint density at radius 3 is 2.94 bits per heavy atom. The number of carbonyl (C=O) groups excluding carboxylic acids is 1. The van der Waals surface area contributed by atoms with Gasteiger partial charge in [-0.3, -0.25) is 4.79 Å². The molecule has 0 aliphatic carbocycles. The zero-order valence-electron chi connectivity index (χ0n) is 10.4. The quantitative estimate of drug-likeness (QED) is 0.847. The summed E-state index contributed by atoms with van der Waals surface area (Å²) in [5.74, 6) is -0.472. The van der Waals surface area contributed by atoms with E-state index in [1.165, 1.54) is 6.07 Å². The van der Waals surface area contributed by atoms with Crippen molar-refractivity contribution < 1.29 is 9.18 Å². The maximum atomic E-state index is 13.4. The minimum atomic E-state index is -0.312. The molecule has 100 valence electrons. The molecule has 3 N–H and O–H groups in total. The van der Waals surface area contributed by atoms with Crippen LogP contribution >= 0.6 is 15.9 Å². The van der Waals surface area contributed by atoms with Crippen LogP contribution in [0.5, 0.6) is 0 Å². The molecule has 1 aromatic carbocycles. The number of benzene rings is 1. The second-order valence-corrected chi connectivity index (χ2v) is 5.20. The molecule has 18 heavy (non-hydrogen) atoms. The average molecular weight is 317 g/mol. The number of hydrogen-bond donors (Lipinski definition) is 2. The van der Waals surface area contributed by atoms with Gasteiger partial charge < -0.3 is 11.1 Å². The van der Waals surface area contributed by atoms with E-state index in [4.69, 9.17) is 5.73 Å². The van der Waals surface area contributed by atoms with Crippen LogP contribution < -0.4 is 11.1 Å². The van der Waals surface area contributed by atoms with Gasteiger partial charge in [-0.05, 0) is 37.6 Å². The van der Waals surface area contributed by atoms with Gasteiger partial charge in [0.05, 0.1) is 0 Å². The van der Waals surface area contributed by atoms with Crippen LogP contribution in [-0.4, -0.2) is 12.5 Å². The maximum Gasteiger partial charge on any atom is 0.223 e. The highest BCUT2D eigenvalue weighted by molar-refractivity contribution is 9.10. The second-order valence-electron chi connectivity index (χ2n) is 4.29. The number of amides is 1. The molecule has 0 aromatic heterocycles. The smallest absolute Gasteiger partial charge is 0.223 e. The van der Waals surface area contributed by atoms with E-state index in [2.05, 4.69) is 21.2 Å². The minimum absolute atomic E-state index is 0.0668. The number of nitrogens with one attached hydrogen (secondary N) is 1. The van der Waals surface area contributed by atoms with Gasteiger partial charge in [0.2, 0.25) is 5.91 Å². The standard InChI is InChI=1S/C13H18BrFN2O/c1-9(3-2-6-16)13(18)17-8-10-7-11(14)4-5-12(10)15/h4-5,7,9H,2-3,6,8,16H2,1H3,(H,17,18). The second kappa shape index (κ2) is 7.48. The van der Waals surface area contributed by atoms with Crippen molar-refractivity contribution in [1.82, 2.24) is 5.32 Å². The zero-order valence-corrected chi connectivity index (χ0v) is 12.0. The third-order valence-electron chi connectivity index (χ3n) is 2.75. The molecule has 0 radical (unpaired) electrons. The average Bonchev–Trinajstić information content (AvgIpc) is 2.36. The molecule has 5 heteroatoms. The van der Waals surface area contributed by atoms with Gasteiger partial charge in [0.25, 0.3) is 0 Å². The van der Waals surface area contributed by atoms with Crippen LogP contribution in [-0.2, 0) is 11.3 Å². The predicted molar refractivity (Wildman–Crippen MR) is 73.4 cm³/mol. The molecule has 1 rings (SSSR count). The van der Waals surface area contributed by atoms with Crippen molar-refractivity contribution in [1.29, 1.82) is 0 Å². The maximum absolute atomic E-state index is 13.4. The van der Waals surface area contributed by atoms with Gasteiger partial charge in [-0.25, -0.2) is 4.39 Å². The first-order chi connectivity index (χ1) is 8.54. The molecule has 0 fully saturated rings. The van der Waals surface area contributed by atoms with Crippen molar-refractivity contribution in [3.8, 4) is 0 Å². The Morgan fingerprint density at radius 2 is 2.28 bits per heavy atom. The summed E-state index contributed by atoms with van der Waals surface area (Å²) in [4.78, 5) is 11.7. The normalized spacial score (nSPS) is 12.2. The van der Waals surface area contributed by atoms with Gasteiger partial charge in [-0.15, -0.1) is 0 Å². The van der Waals surface area contributed by atoms with Crippen LogP contribution in [0.1, 0.15) is 25.3 Å². The molecule has 3 nitrogen and oxygen atoms in total. The Bertz CT molecular complexity index is 412. The Kier molecular flexibility index (Phi) is 6.29. The van der Waals surface area contributed by atoms with Crippen molar-refractivity contribution in [2.24, 2.45) is 11.7 Å². The summed E-state index contributed by atoms with van der Waals surface area (Å²) < 4.78 is 14.2. The van der Waals surface area contributed by atoms with Crippen molar-refractivity contribution in [2.45, 2.75) is 26.3 Å². The first kappa shape index (κ1) is 15.1. The SMILES string of the molecule is CC(CCCN)C(=O)NCc1cc(Br)ccc1F. The van der Waals surface area contributed by atoms with Gasteiger partial charge in [0.1, 0.15) is 5.82 Å². The predicted octanol–water partition coefficient (Wildman–Crippen LogP) is 2.58. The summed E-state index contributed by atoms with van der Waals surface area (Å²) >= 11 is 3.27. The molecule has 0 spiro atoms. The molecule has 0 bridgehead atoms. The number of hydrogen-bond acceptors (Lipinski definition) is 2. The van der Waals surface area contributed by atoms with Crippen molar-refractivity contribution in [3.05, 3.63) is 34.1 Å². The third-order valence-corrected chi connectivity index (χ3v) is 3.24. The van der Waals surface area contributed by atoms with Crippen LogP contribution in [0.4, 0.5) is 4.39 Å². The Hall–Kier alpha value is -0.940. The molecular formula is C13H18BrFN2O. The van der Waals surface area contributed by atoms with E-state index in [9.17, 15) is 9.18 Å². The number of carbonyl (C=O) groups is 1. The molecule has 0 saturated heterocycles. The van der Waals surface area contributed by atoms with Gasteiger partial charge in [-0.2, -0.15) is 0 Å². The van der Waals surface area contributed by atoms with Crippen LogP contribution in [0.25, 0.3) is 0 Å². The minimum Gasteiger partial charge on any atom is -0.352 e. The summed E-state index contributed by atoms with van der Waals surface area (Å²) in [6, 6.07) is 4.67. The van der Waals surface area contributed by atoms with Crippen LogP contribution in [0, 0.1) is 11.7 Å². The van der Waals surface area contributed by atoms with Gasteiger partial charge in [0, 0.05) is 22.5 Å². The van der Waals surface area contributed by atoms with E-state index in [1.807, 2.05) is 6.92 Å². The molecule has 1 atom stereocenters. The van der Waals surface area contributed by atoms with E-state index in [-0.39, 0.29) is 24.2 Å². The van der Waals surface area contributed by atoms with E-state index in [0.717, 1.165) is 17.3 Å². The molecule has 0 saturated carbocycles. The van der Waals surface area contributed by atoms with E-state index in [1.54, 1.807) is 12.1 Å². The molecule has 1 aromatic rings. The third kappa shape index (κ3) is 4.74. The van der Waals surface area contributed by atoms with Gasteiger partial charge in [-0.1, -0.05) is 22.9 Å².